The molecular weight excluding hydrogens is 358 g/mol. The second kappa shape index (κ2) is 5.03. The lowest BCUT2D eigenvalue weighted by Crippen LogP contribution is -2.10. The van der Waals surface area contributed by atoms with Crippen LogP contribution in [0.3, 0.4) is 0 Å². The van der Waals surface area contributed by atoms with Gasteiger partial charge in [-0.3, -0.25) is 4.79 Å². The minimum Gasteiger partial charge on any atom is -0.319 e. The van der Waals surface area contributed by atoms with E-state index in [0.29, 0.717) is 10.6 Å². The van der Waals surface area contributed by atoms with Gasteiger partial charge in [0.15, 0.2) is 0 Å². The molecule has 2 heterocycles. The Morgan fingerprint density at radius 3 is 2.56 bits per heavy atom. The molecule has 0 fully saturated rings. The molecule has 2 aromatic rings. The number of rotatable bonds is 2. The number of carbonyl (C=O) groups is 1. The first-order valence-corrected chi connectivity index (χ1v) is 6.58. The number of nitrogens with zero attached hydrogens (tertiary/aromatic N) is 2. The number of hydrogen-bond donors (Lipinski definition) is 1. The zero-order valence-electron chi connectivity index (χ0n) is 7.78. The van der Waals surface area contributed by atoms with Crippen LogP contribution in [0.5, 0.6) is 0 Å². The van der Waals surface area contributed by atoms with E-state index in [2.05, 4.69) is 47.1 Å². The molecule has 2 rings (SSSR count). The molecule has 16 heavy (non-hydrogen) atoms. The quantitative estimate of drug-likeness (QED) is 0.891. The van der Waals surface area contributed by atoms with E-state index in [1.165, 1.54) is 17.7 Å². The smallest absolute Gasteiger partial charge is 0.265 e. The molecule has 7 heteroatoms. The molecule has 2 aromatic heterocycles. The monoisotopic (exact) mass is 361 g/mol. The van der Waals surface area contributed by atoms with E-state index in [9.17, 15) is 4.79 Å². The van der Waals surface area contributed by atoms with Crippen LogP contribution in [-0.4, -0.2) is 15.9 Å². The van der Waals surface area contributed by atoms with Gasteiger partial charge in [-0.15, -0.1) is 11.3 Å². The maximum atomic E-state index is 11.8. The lowest BCUT2D eigenvalue weighted by atomic mass is 10.4. The highest BCUT2D eigenvalue weighted by atomic mass is 79.9. The van der Waals surface area contributed by atoms with Crippen LogP contribution in [0.25, 0.3) is 0 Å². The van der Waals surface area contributed by atoms with Crippen LogP contribution in [0, 0.1) is 0 Å². The van der Waals surface area contributed by atoms with Crippen molar-refractivity contribution >= 4 is 54.8 Å². The summed E-state index contributed by atoms with van der Waals surface area (Å²) in [5.41, 5.74) is 0.577. The molecule has 0 aromatic carbocycles. The first-order valence-electron chi connectivity index (χ1n) is 4.18. The van der Waals surface area contributed by atoms with Gasteiger partial charge in [0, 0.05) is 4.47 Å². The Hall–Kier alpha value is -0.790. The fourth-order valence-electron chi connectivity index (χ4n) is 1.01. The SMILES string of the molecule is O=C(Nc1cncnc1)c1cc(Br)c(Br)s1. The molecule has 0 aliphatic carbocycles. The van der Waals surface area contributed by atoms with Crippen molar-refractivity contribution < 1.29 is 4.79 Å². The van der Waals surface area contributed by atoms with E-state index in [1.807, 2.05) is 0 Å². The molecule has 82 valence electrons. The van der Waals surface area contributed by atoms with Gasteiger partial charge in [0.05, 0.1) is 26.7 Å². The average molecular weight is 363 g/mol. The highest BCUT2D eigenvalue weighted by molar-refractivity contribution is 9.13. The van der Waals surface area contributed by atoms with E-state index < -0.39 is 0 Å². The summed E-state index contributed by atoms with van der Waals surface area (Å²) < 4.78 is 1.76. The number of carbonyl (C=O) groups excluding carboxylic acids is 1. The summed E-state index contributed by atoms with van der Waals surface area (Å²) in [5, 5.41) is 2.70. The van der Waals surface area contributed by atoms with Gasteiger partial charge in [-0.1, -0.05) is 0 Å². The predicted molar refractivity (Wildman–Crippen MR) is 69.7 cm³/mol. The van der Waals surface area contributed by atoms with Crippen molar-refractivity contribution in [3.05, 3.63) is 37.9 Å². The Labute approximate surface area is 112 Å². The van der Waals surface area contributed by atoms with E-state index in [-0.39, 0.29) is 5.91 Å². The third kappa shape index (κ3) is 2.66. The summed E-state index contributed by atoms with van der Waals surface area (Å²) in [4.78, 5) is 20.0. The molecule has 0 radical (unpaired) electrons. The Morgan fingerprint density at radius 1 is 1.31 bits per heavy atom. The number of aromatic nitrogens is 2. The fraction of sp³-hybridized carbons (Fsp3) is 0. The normalized spacial score (nSPS) is 10.1. The molecule has 0 atom stereocenters. The number of hydrogen-bond acceptors (Lipinski definition) is 4. The highest BCUT2D eigenvalue weighted by Gasteiger charge is 2.12. The van der Waals surface area contributed by atoms with Crippen LogP contribution < -0.4 is 5.32 Å². The van der Waals surface area contributed by atoms with Gasteiger partial charge in [0.1, 0.15) is 6.33 Å². The second-order valence-corrected chi connectivity index (χ2v) is 6.04. The van der Waals surface area contributed by atoms with Crippen molar-refractivity contribution in [2.75, 3.05) is 5.32 Å². The minimum atomic E-state index is -0.175. The van der Waals surface area contributed by atoms with Gasteiger partial charge in [-0.05, 0) is 37.9 Å². The molecule has 0 unspecified atom stereocenters. The first-order chi connectivity index (χ1) is 7.66. The third-order valence-electron chi connectivity index (χ3n) is 1.69. The lowest BCUT2D eigenvalue weighted by molar-refractivity contribution is 0.103. The van der Waals surface area contributed by atoms with E-state index in [0.717, 1.165) is 8.26 Å². The van der Waals surface area contributed by atoms with Crippen molar-refractivity contribution in [3.63, 3.8) is 0 Å². The first kappa shape index (κ1) is 11.7. The standard InChI is InChI=1S/C9H5Br2N3OS/c10-6-1-7(16-8(6)11)9(15)14-5-2-12-4-13-3-5/h1-4H,(H,14,15). The Bertz CT molecular complexity index is 495. The van der Waals surface area contributed by atoms with Gasteiger partial charge < -0.3 is 5.32 Å². The van der Waals surface area contributed by atoms with Gasteiger partial charge in [0.25, 0.3) is 5.91 Å². The zero-order valence-corrected chi connectivity index (χ0v) is 11.8. The molecular formula is C9H5Br2N3OS. The van der Waals surface area contributed by atoms with Gasteiger partial charge >= 0.3 is 0 Å². The van der Waals surface area contributed by atoms with E-state index in [4.69, 9.17) is 0 Å². The summed E-state index contributed by atoms with van der Waals surface area (Å²) in [6.07, 6.45) is 4.50. The maximum absolute atomic E-state index is 11.8. The molecule has 0 bridgehead atoms. The van der Waals surface area contributed by atoms with E-state index >= 15 is 0 Å². The molecule has 4 nitrogen and oxygen atoms in total. The van der Waals surface area contributed by atoms with Crippen LogP contribution >= 0.6 is 43.2 Å². The second-order valence-electron chi connectivity index (χ2n) is 2.81. The third-order valence-corrected chi connectivity index (χ3v) is 4.94. The number of anilines is 1. The van der Waals surface area contributed by atoms with Crippen LogP contribution in [0.1, 0.15) is 9.67 Å². The van der Waals surface area contributed by atoms with Crippen molar-refractivity contribution in [2.45, 2.75) is 0 Å². The van der Waals surface area contributed by atoms with Crippen LogP contribution in [0.2, 0.25) is 0 Å². The summed E-state index contributed by atoms with van der Waals surface area (Å²) >= 11 is 8.02. The summed E-state index contributed by atoms with van der Waals surface area (Å²) in [6.45, 7) is 0. The number of nitrogens with one attached hydrogen (secondary N) is 1. The number of thiophene rings is 1. The van der Waals surface area contributed by atoms with E-state index in [1.54, 1.807) is 18.5 Å². The number of amides is 1. The largest absolute Gasteiger partial charge is 0.319 e. The fourth-order valence-corrected chi connectivity index (χ4v) is 2.95. The topological polar surface area (TPSA) is 54.9 Å². The molecule has 0 aliphatic rings. The Kier molecular flexibility index (Phi) is 3.67. The average Bonchev–Trinajstić information content (AvgIpc) is 2.61. The summed E-state index contributed by atoms with van der Waals surface area (Å²) in [5.74, 6) is -0.175. The lowest BCUT2D eigenvalue weighted by Gasteiger charge is -2.00. The van der Waals surface area contributed by atoms with Gasteiger partial charge in [-0.2, -0.15) is 0 Å². The predicted octanol–water partition coefficient (Wildman–Crippen LogP) is 3.32. The summed E-state index contributed by atoms with van der Waals surface area (Å²) in [7, 11) is 0. The van der Waals surface area contributed by atoms with Crippen LogP contribution in [-0.2, 0) is 0 Å². The van der Waals surface area contributed by atoms with Crippen molar-refractivity contribution in [3.8, 4) is 0 Å². The molecule has 0 aliphatic heterocycles. The van der Waals surface area contributed by atoms with Crippen molar-refractivity contribution in [1.82, 2.24) is 9.97 Å². The molecule has 1 N–H and O–H groups in total. The Balaban J connectivity index is 2.15. The van der Waals surface area contributed by atoms with Crippen molar-refractivity contribution in [1.29, 1.82) is 0 Å². The molecule has 0 spiro atoms. The Morgan fingerprint density at radius 2 is 2.00 bits per heavy atom. The van der Waals surface area contributed by atoms with Crippen LogP contribution in [0.15, 0.2) is 33.0 Å². The van der Waals surface area contributed by atoms with Gasteiger partial charge in [0.2, 0.25) is 0 Å². The number of halogens is 2. The molecule has 1 amide bonds. The maximum Gasteiger partial charge on any atom is 0.265 e. The van der Waals surface area contributed by atoms with Crippen molar-refractivity contribution in [2.24, 2.45) is 0 Å². The van der Waals surface area contributed by atoms with Crippen LogP contribution in [0.4, 0.5) is 5.69 Å². The van der Waals surface area contributed by atoms with Gasteiger partial charge in [-0.25, -0.2) is 9.97 Å². The summed E-state index contributed by atoms with van der Waals surface area (Å²) in [6, 6.07) is 1.76. The molecule has 0 saturated heterocycles. The minimum absolute atomic E-state index is 0.175. The zero-order chi connectivity index (χ0) is 11.5. The molecule has 0 saturated carbocycles. The highest BCUT2D eigenvalue weighted by Crippen LogP contribution is 2.32.